The number of rotatable bonds is 6. The number of ether oxygens (including phenoxy) is 1. The molecule has 4 heteroatoms. The van der Waals surface area contributed by atoms with Gasteiger partial charge in [0.1, 0.15) is 5.82 Å². The molecule has 0 radical (unpaired) electrons. The van der Waals surface area contributed by atoms with Crippen LogP contribution in [0.2, 0.25) is 0 Å². The van der Waals surface area contributed by atoms with Gasteiger partial charge in [-0.1, -0.05) is 25.1 Å². The molecule has 0 saturated heterocycles. The predicted molar refractivity (Wildman–Crippen MR) is 77.3 cm³/mol. The van der Waals surface area contributed by atoms with E-state index >= 15 is 0 Å². The number of methoxy groups -OCH3 is 1. The van der Waals surface area contributed by atoms with E-state index in [1.165, 1.54) is 6.07 Å². The third kappa shape index (κ3) is 3.33. The van der Waals surface area contributed by atoms with Crippen molar-refractivity contribution in [1.29, 1.82) is 0 Å². The molecule has 106 valence electrons. The summed E-state index contributed by atoms with van der Waals surface area (Å²) < 4.78 is 18.8. The molecule has 1 aromatic carbocycles. The van der Waals surface area contributed by atoms with Gasteiger partial charge in [-0.15, -0.1) is 0 Å². The van der Waals surface area contributed by atoms with Gasteiger partial charge in [0.05, 0.1) is 13.2 Å². The van der Waals surface area contributed by atoms with Gasteiger partial charge in [-0.3, -0.25) is 0 Å². The number of hydrogen-bond donors (Lipinski definition) is 1. The van der Waals surface area contributed by atoms with Crippen LogP contribution in [0.4, 0.5) is 4.39 Å². The molecule has 1 heterocycles. The summed E-state index contributed by atoms with van der Waals surface area (Å²) in [5.41, 5.74) is 1.78. The van der Waals surface area contributed by atoms with Crippen LogP contribution in [0, 0.1) is 5.82 Å². The molecule has 0 fully saturated rings. The minimum absolute atomic E-state index is 0.130. The van der Waals surface area contributed by atoms with E-state index < -0.39 is 0 Å². The summed E-state index contributed by atoms with van der Waals surface area (Å²) in [5.74, 6) is 0.319. The first-order chi connectivity index (χ1) is 9.76. The zero-order chi connectivity index (χ0) is 14.4. The molecule has 0 bridgehead atoms. The molecule has 1 unspecified atom stereocenters. The van der Waals surface area contributed by atoms with Crippen LogP contribution < -0.4 is 10.1 Å². The minimum Gasteiger partial charge on any atom is -0.481 e. The van der Waals surface area contributed by atoms with E-state index in [0.717, 1.165) is 24.1 Å². The third-order valence-corrected chi connectivity index (χ3v) is 3.09. The van der Waals surface area contributed by atoms with Gasteiger partial charge in [0.25, 0.3) is 0 Å². The van der Waals surface area contributed by atoms with Gasteiger partial charge in [0.15, 0.2) is 0 Å². The van der Waals surface area contributed by atoms with Crippen molar-refractivity contribution in [3.63, 3.8) is 0 Å². The molecule has 1 atom stereocenters. The Hall–Kier alpha value is -1.94. The third-order valence-electron chi connectivity index (χ3n) is 3.09. The molecule has 1 N–H and O–H groups in total. The average molecular weight is 274 g/mol. The lowest BCUT2D eigenvalue weighted by Gasteiger charge is -2.21. The lowest BCUT2D eigenvalue weighted by molar-refractivity contribution is 0.386. The van der Waals surface area contributed by atoms with Crippen molar-refractivity contribution in [3.8, 4) is 5.88 Å². The number of nitrogens with one attached hydrogen (secondary N) is 1. The van der Waals surface area contributed by atoms with Gasteiger partial charge >= 0.3 is 0 Å². The van der Waals surface area contributed by atoms with Crippen molar-refractivity contribution in [3.05, 3.63) is 59.5 Å². The van der Waals surface area contributed by atoms with E-state index in [1.807, 2.05) is 18.2 Å². The van der Waals surface area contributed by atoms with Crippen molar-refractivity contribution in [2.24, 2.45) is 0 Å². The summed E-state index contributed by atoms with van der Waals surface area (Å²) >= 11 is 0. The monoisotopic (exact) mass is 274 g/mol. The highest BCUT2D eigenvalue weighted by Crippen LogP contribution is 2.28. The highest BCUT2D eigenvalue weighted by molar-refractivity contribution is 5.37. The lowest BCUT2D eigenvalue weighted by Crippen LogP contribution is -2.24. The van der Waals surface area contributed by atoms with Gasteiger partial charge in [0.2, 0.25) is 5.88 Å². The fourth-order valence-electron chi connectivity index (χ4n) is 2.18. The predicted octanol–water partition coefficient (Wildman–Crippen LogP) is 3.32. The second kappa shape index (κ2) is 7.01. The number of benzene rings is 1. The van der Waals surface area contributed by atoms with Crippen molar-refractivity contribution in [1.82, 2.24) is 10.3 Å². The van der Waals surface area contributed by atoms with Crippen LogP contribution in [-0.4, -0.2) is 18.6 Å². The van der Waals surface area contributed by atoms with Crippen LogP contribution in [-0.2, 0) is 0 Å². The van der Waals surface area contributed by atoms with Crippen LogP contribution in [0.15, 0.2) is 42.6 Å². The zero-order valence-corrected chi connectivity index (χ0v) is 11.8. The summed E-state index contributed by atoms with van der Waals surface area (Å²) in [5, 5.41) is 3.42. The molecule has 20 heavy (non-hydrogen) atoms. The molecule has 0 spiro atoms. The summed E-state index contributed by atoms with van der Waals surface area (Å²) in [4.78, 5) is 4.22. The number of pyridine rings is 1. The normalized spacial score (nSPS) is 12.2. The molecule has 1 aromatic heterocycles. The van der Waals surface area contributed by atoms with E-state index in [9.17, 15) is 4.39 Å². The smallest absolute Gasteiger partial charge is 0.218 e. The van der Waals surface area contributed by atoms with Crippen molar-refractivity contribution in [2.75, 3.05) is 13.7 Å². The molecule has 2 aromatic rings. The molecule has 0 aliphatic carbocycles. The Labute approximate surface area is 118 Å². The first kappa shape index (κ1) is 14.5. The Morgan fingerprint density at radius 3 is 2.85 bits per heavy atom. The molecule has 2 rings (SSSR count). The topological polar surface area (TPSA) is 34.2 Å². The Bertz CT molecular complexity index is 560. The summed E-state index contributed by atoms with van der Waals surface area (Å²) in [7, 11) is 1.59. The number of aromatic nitrogens is 1. The number of hydrogen-bond acceptors (Lipinski definition) is 3. The first-order valence-corrected chi connectivity index (χ1v) is 6.74. The highest BCUT2D eigenvalue weighted by atomic mass is 19.1. The molecule has 0 aliphatic rings. The van der Waals surface area contributed by atoms with E-state index in [4.69, 9.17) is 4.74 Å². The molecule has 0 saturated carbocycles. The van der Waals surface area contributed by atoms with Gasteiger partial charge in [-0.2, -0.15) is 0 Å². The van der Waals surface area contributed by atoms with Crippen LogP contribution >= 0.6 is 0 Å². The molecule has 0 aliphatic heterocycles. The van der Waals surface area contributed by atoms with E-state index in [2.05, 4.69) is 17.2 Å². The van der Waals surface area contributed by atoms with Gasteiger partial charge in [-0.25, -0.2) is 9.37 Å². The Kier molecular flexibility index (Phi) is 5.07. The fourth-order valence-corrected chi connectivity index (χ4v) is 2.18. The second-order valence-electron chi connectivity index (χ2n) is 4.54. The Morgan fingerprint density at radius 2 is 2.15 bits per heavy atom. The van der Waals surface area contributed by atoms with Crippen LogP contribution in [0.1, 0.15) is 30.5 Å². The van der Waals surface area contributed by atoms with E-state index in [1.54, 1.807) is 25.4 Å². The van der Waals surface area contributed by atoms with E-state index in [-0.39, 0.29) is 11.9 Å². The fraction of sp³-hybridized carbons (Fsp3) is 0.312. The minimum atomic E-state index is -0.242. The van der Waals surface area contributed by atoms with Gasteiger partial charge in [-0.05, 0) is 36.7 Å². The van der Waals surface area contributed by atoms with Crippen molar-refractivity contribution in [2.45, 2.75) is 19.4 Å². The maximum atomic E-state index is 13.5. The summed E-state index contributed by atoms with van der Waals surface area (Å²) in [6.07, 6.45) is 2.68. The average Bonchev–Trinajstić information content (AvgIpc) is 2.48. The van der Waals surface area contributed by atoms with E-state index in [0.29, 0.717) is 5.88 Å². The quantitative estimate of drug-likeness (QED) is 0.877. The second-order valence-corrected chi connectivity index (χ2v) is 4.54. The molecule has 3 nitrogen and oxygen atoms in total. The van der Waals surface area contributed by atoms with Crippen LogP contribution in [0.5, 0.6) is 5.88 Å². The summed E-state index contributed by atoms with van der Waals surface area (Å²) in [6.45, 7) is 2.93. The highest BCUT2D eigenvalue weighted by Gasteiger charge is 2.18. The largest absolute Gasteiger partial charge is 0.481 e. The number of nitrogens with zero attached hydrogens (tertiary/aromatic N) is 1. The molecule has 0 amide bonds. The maximum Gasteiger partial charge on any atom is 0.218 e. The lowest BCUT2D eigenvalue weighted by atomic mass is 9.99. The standard InChI is InChI=1S/C16H19FN2O/c1-3-9-18-15(12-6-4-7-13(17)11-12)14-8-5-10-19-16(14)20-2/h4-8,10-11,15,18H,3,9H2,1-2H3. The number of halogens is 1. The zero-order valence-electron chi connectivity index (χ0n) is 11.8. The first-order valence-electron chi connectivity index (χ1n) is 6.74. The van der Waals surface area contributed by atoms with Crippen LogP contribution in [0.3, 0.4) is 0 Å². The van der Waals surface area contributed by atoms with Crippen molar-refractivity contribution < 1.29 is 9.13 Å². The van der Waals surface area contributed by atoms with Crippen molar-refractivity contribution >= 4 is 0 Å². The Balaban J connectivity index is 2.41. The SMILES string of the molecule is CCCNC(c1cccc(F)c1)c1cccnc1OC. The summed E-state index contributed by atoms with van der Waals surface area (Å²) in [6, 6.07) is 10.3. The van der Waals surface area contributed by atoms with Gasteiger partial charge < -0.3 is 10.1 Å². The Morgan fingerprint density at radius 1 is 1.30 bits per heavy atom. The molecular weight excluding hydrogens is 255 g/mol. The molecular formula is C16H19FN2O. The van der Waals surface area contributed by atoms with Crippen LogP contribution in [0.25, 0.3) is 0 Å². The van der Waals surface area contributed by atoms with Gasteiger partial charge in [0, 0.05) is 11.8 Å². The maximum absolute atomic E-state index is 13.5.